The number of anilines is 1. The summed E-state index contributed by atoms with van der Waals surface area (Å²) in [4.78, 5) is 11.9. The van der Waals surface area contributed by atoms with E-state index in [0.29, 0.717) is 11.6 Å². The first-order valence-corrected chi connectivity index (χ1v) is 12.8. The molecule has 2 fully saturated rings. The molecule has 0 saturated carbocycles. The van der Waals surface area contributed by atoms with Crippen molar-refractivity contribution < 1.29 is 4.74 Å². The number of likely N-dealkylation sites (N-methyl/N-ethyl adjacent to an activating group) is 1. The number of morpholine rings is 1. The van der Waals surface area contributed by atoms with Crippen molar-refractivity contribution in [3.05, 3.63) is 53.5 Å². The number of benzene rings is 1. The Morgan fingerprint density at radius 2 is 2.03 bits per heavy atom. The molecule has 3 aromatic rings. The Labute approximate surface area is 206 Å². The predicted molar refractivity (Wildman–Crippen MR) is 135 cm³/mol. The summed E-state index contributed by atoms with van der Waals surface area (Å²) in [6.45, 7) is 12.3. The van der Waals surface area contributed by atoms with Gasteiger partial charge < -0.3 is 9.64 Å². The molecule has 5 heterocycles. The molecule has 0 amide bonds. The molecule has 2 unspecified atom stereocenters. The number of hydrogen-bond donors (Lipinski definition) is 0. The summed E-state index contributed by atoms with van der Waals surface area (Å²) in [6.07, 6.45) is 5.25. The van der Waals surface area contributed by atoms with Crippen molar-refractivity contribution in [3.8, 4) is 6.07 Å². The molecule has 0 bridgehead atoms. The summed E-state index contributed by atoms with van der Waals surface area (Å²) in [6, 6.07) is 10.7. The smallest absolute Gasteiger partial charge is 0.101 e. The van der Waals surface area contributed by atoms with E-state index in [1.165, 1.54) is 11.3 Å². The first kappa shape index (κ1) is 22.5. The highest BCUT2D eigenvalue weighted by molar-refractivity contribution is 5.95. The molecule has 0 N–H and O–H groups in total. The molecule has 3 aliphatic rings. The number of hydrogen-bond acceptors (Lipinski definition) is 7. The lowest BCUT2D eigenvalue weighted by molar-refractivity contribution is -0.0493. The van der Waals surface area contributed by atoms with Gasteiger partial charge in [0.05, 0.1) is 41.2 Å². The number of nitrogens with zero attached hydrogens (tertiary/aromatic N) is 7. The number of aromatic nitrogens is 3. The van der Waals surface area contributed by atoms with Crippen LogP contribution in [-0.4, -0.2) is 82.6 Å². The Kier molecular flexibility index (Phi) is 5.93. The van der Waals surface area contributed by atoms with Crippen molar-refractivity contribution in [1.29, 1.82) is 5.26 Å². The Hall–Kier alpha value is -2.99. The quantitative estimate of drug-likeness (QED) is 0.567. The van der Waals surface area contributed by atoms with E-state index in [9.17, 15) is 5.26 Å². The van der Waals surface area contributed by atoms with E-state index in [2.05, 4.69) is 62.6 Å². The van der Waals surface area contributed by atoms with Crippen LogP contribution in [0.1, 0.15) is 36.7 Å². The second kappa shape index (κ2) is 9.23. The lowest BCUT2D eigenvalue weighted by Gasteiger charge is -2.45. The number of nitriles is 1. The summed E-state index contributed by atoms with van der Waals surface area (Å²) in [5.74, 6) is 0. The van der Waals surface area contributed by atoms with Crippen LogP contribution in [0.4, 0.5) is 5.69 Å². The normalized spacial score (nSPS) is 23.7. The summed E-state index contributed by atoms with van der Waals surface area (Å²) < 4.78 is 8.66. The van der Waals surface area contributed by atoms with Crippen molar-refractivity contribution in [2.24, 2.45) is 0 Å². The topological polar surface area (TPSA) is 73.5 Å². The minimum atomic E-state index is 0.143. The zero-order chi connectivity index (χ0) is 23.9. The van der Waals surface area contributed by atoms with Crippen LogP contribution in [-0.2, 0) is 17.7 Å². The maximum atomic E-state index is 9.50. The van der Waals surface area contributed by atoms with Gasteiger partial charge >= 0.3 is 0 Å². The van der Waals surface area contributed by atoms with E-state index < -0.39 is 0 Å². The van der Waals surface area contributed by atoms with E-state index in [1.54, 1.807) is 6.20 Å². The summed E-state index contributed by atoms with van der Waals surface area (Å²) in [5, 5.41) is 15.3. The molecule has 182 valence electrons. The molecular weight excluding hydrogens is 438 g/mol. The molecule has 0 aliphatic carbocycles. The van der Waals surface area contributed by atoms with E-state index in [1.807, 2.05) is 12.1 Å². The molecule has 6 rings (SSSR count). The van der Waals surface area contributed by atoms with E-state index in [-0.39, 0.29) is 12.2 Å². The van der Waals surface area contributed by atoms with Crippen molar-refractivity contribution >= 4 is 16.6 Å². The number of pyridine rings is 1. The highest BCUT2D eigenvalue weighted by Gasteiger charge is 2.35. The van der Waals surface area contributed by atoms with E-state index >= 15 is 0 Å². The molecule has 1 aromatic carbocycles. The van der Waals surface area contributed by atoms with Crippen LogP contribution < -0.4 is 4.90 Å². The fourth-order valence-corrected chi connectivity index (χ4v) is 5.96. The van der Waals surface area contributed by atoms with Crippen molar-refractivity contribution in [2.45, 2.75) is 45.1 Å². The highest BCUT2D eigenvalue weighted by atomic mass is 16.5. The molecule has 8 heteroatoms. The molecule has 2 aromatic heterocycles. The third kappa shape index (κ3) is 4.18. The molecule has 3 aliphatic heterocycles. The van der Waals surface area contributed by atoms with E-state index in [0.717, 1.165) is 75.4 Å². The van der Waals surface area contributed by atoms with Crippen molar-refractivity contribution in [2.75, 3.05) is 50.7 Å². The van der Waals surface area contributed by atoms with Crippen molar-refractivity contribution in [1.82, 2.24) is 24.6 Å². The predicted octanol–water partition coefficient (Wildman–Crippen LogP) is 2.83. The Balaban J connectivity index is 1.13. The lowest BCUT2D eigenvalue weighted by atomic mass is 10.0. The molecule has 0 spiro atoms. The van der Waals surface area contributed by atoms with Crippen LogP contribution in [0, 0.1) is 11.3 Å². The Morgan fingerprint density at radius 3 is 2.86 bits per heavy atom. The van der Waals surface area contributed by atoms with Gasteiger partial charge in [-0.3, -0.25) is 19.5 Å². The van der Waals surface area contributed by atoms with Gasteiger partial charge in [0.1, 0.15) is 6.07 Å². The first-order valence-electron chi connectivity index (χ1n) is 12.8. The molecular formula is C27H33N7O. The zero-order valence-electron chi connectivity index (χ0n) is 20.6. The standard InChI is InChI=1S/C27H33N7O/c1-3-31-10-8-21-12-30-34(26(21)18-31)22-14-32(15-22)16-23-17-33(13-19(2)35-23)25-7-6-20(11-28)27-24(25)5-4-9-29-27/h4-7,9,12,19,22-23H,3,8,10,13-18H2,1-2H3. The molecule has 35 heavy (non-hydrogen) atoms. The van der Waals surface area contributed by atoms with Gasteiger partial charge in [-0.1, -0.05) is 6.92 Å². The van der Waals surface area contributed by atoms with Crippen molar-refractivity contribution in [3.63, 3.8) is 0 Å². The molecule has 0 radical (unpaired) electrons. The Bertz CT molecular complexity index is 1260. The second-order valence-corrected chi connectivity index (χ2v) is 10.2. The fraction of sp³-hybridized carbons (Fsp3) is 0.519. The third-order valence-corrected chi connectivity index (χ3v) is 7.78. The minimum Gasteiger partial charge on any atom is -0.370 e. The number of fused-ring (bicyclic) bond motifs is 2. The molecule has 2 atom stereocenters. The average molecular weight is 472 g/mol. The van der Waals surface area contributed by atoms with Gasteiger partial charge in [-0.15, -0.1) is 0 Å². The second-order valence-electron chi connectivity index (χ2n) is 10.2. The third-order valence-electron chi connectivity index (χ3n) is 7.78. The first-order chi connectivity index (χ1) is 17.1. The van der Waals surface area contributed by atoms with Crippen LogP contribution in [0.2, 0.25) is 0 Å². The van der Waals surface area contributed by atoms with Gasteiger partial charge in [0, 0.05) is 63.1 Å². The lowest BCUT2D eigenvalue weighted by Crippen LogP contribution is -2.56. The summed E-state index contributed by atoms with van der Waals surface area (Å²) >= 11 is 0. The fourth-order valence-electron chi connectivity index (χ4n) is 5.96. The number of ether oxygens (including phenoxy) is 1. The van der Waals surface area contributed by atoms with Crippen LogP contribution in [0.5, 0.6) is 0 Å². The number of likely N-dealkylation sites (tertiary alicyclic amines) is 1. The van der Waals surface area contributed by atoms with Crippen LogP contribution in [0.25, 0.3) is 10.9 Å². The van der Waals surface area contributed by atoms with Gasteiger partial charge in [-0.05, 0) is 49.7 Å². The van der Waals surface area contributed by atoms with Gasteiger partial charge in [0.15, 0.2) is 0 Å². The maximum Gasteiger partial charge on any atom is 0.101 e. The SMILES string of the molecule is CCN1CCc2cnn(C3CN(CC4CN(c5ccc(C#N)c6ncccc56)CC(C)O4)C3)c2C1. The van der Waals surface area contributed by atoms with Gasteiger partial charge in [0.25, 0.3) is 0 Å². The van der Waals surface area contributed by atoms with Gasteiger partial charge in [-0.2, -0.15) is 10.4 Å². The minimum absolute atomic E-state index is 0.143. The zero-order valence-corrected chi connectivity index (χ0v) is 20.6. The van der Waals surface area contributed by atoms with E-state index in [4.69, 9.17) is 9.84 Å². The van der Waals surface area contributed by atoms with Crippen LogP contribution in [0.15, 0.2) is 36.7 Å². The number of rotatable bonds is 5. The van der Waals surface area contributed by atoms with Gasteiger partial charge in [0.2, 0.25) is 0 Å². The van der Waals surface area contributed by atoms with Crippen LogP contribution in [0.3, 0.4) is 0 Å². The summed E-state index contributed by atoms with van der Waals surface area (Å²) in [7, 11) is 0. The van der Waals surface area contributed by atoms with Gasteiger partial charge in [-0.25, -0.2) is 0 Å². The van der Waals surface area contributed by atoms with Crippen LogP contribution >= 0.6 is 0 Å². The molecule has 8 nitrogen and oxygen atoms in total. The Morgan fingerprint density at radius 1 is 1.14 bits per heavy atom. The highest BCUT2D eigenvalue weighted by Crippen LogP contribution is 2.32. The largest absolute Gasteiger partial charge is 0.370 e. The summed E-state index contributed by atoms with van der Waals surface area (Å²) in [5.41, 5.74) is 5.38. The monoisotopic (exact) mass is 471 g/mol. The average Bonchev–Trinajstić information content (AvgIpc) is 3.27. The maximum absolute atomic E-state index is 9.50. The molecule has 2 saturated heterocycles.